The predicted octanol–water partition coefficient (Wildman–Crippen LogP) is 2.44. The zero-order chi connectivity index (χ0) is 17.6. The van der Waals surface area contributed by atoms with E-state index >= 15 is 0 Å². The third-order valence-corrected chi connectivity index (χ3v) is 4.74. The first-order chi connectivity index (χ1) is 12.1. The second-order valence-corrected chi connectivity index (χ2v) is 6.65. The van der Waals surface area contributed by atoms with Gasteiger partial charge in [0.15, 0.2) is 0 Å². The molecule has 132 valence electrons. The van der Waals surface area contributed by atoms with Crippen molar-refractivity contribution in [3.05, 3.63) is 53.9 Å². The van der Waals surface area contributed by atoms with Crippen LogP contribution in [0.4, 0.5) is 0 Å². The topological polar surface area (TPSA) is 84.2 Å². The minimum absolute atomic E-state index is 0.0539. The van der Waals surface area contributed by atoms with E-state index in [1.54, 1.807) is 6.20 Å². The van der Waals surface area contributed by atoms with E-state index in [1.807, 2.05) is 41.2 Å². The van der Waals surface area contributed by atoms with Crippen molar-refractivity contribution in [2.45, 2.75) is 38.8 Å². The molecule has 1 heterocycles. The summed E-state index contributed by atoms with van der Waals surface area (Å²) in [5.41, 5.74) is 2.11. The Bertz CT molecular complexity index is 727. The van der Waals surface area contributed by atoms with Crippen LogP contribution >= 0.6 is 0 Å². The molecule has 0 aliphatic heterocycles. The second kappa shape index (κ2) is 7.96. The SMILES string of the molecule is O=C(O)C1CCCC(C(=O)NCc2cnn(Cc3ccccc3)c2)C1. The summed E-state index contributed by atoms with van der Waals surface area (Å²) in [6.45, 7) is 1.11. The van der Waals surface area contributed by atoms with E-state index in [9.17, 15) is 9.59 Å². The Morgan fingerprint density at radius 1 is 1.16 bits per heavy atom. The summed E-state index contributed by atoms with van der Waals surface area (Å²) in [6, 6.07) is 10.1. The first kappa shape index (κ1) is 17.2. The molecule has 2 aromatic rings. The van der Waals surface area contributed by atoms with Crippen LogP contribution < -0.4 is 5.32 Å². The lowest BCUT2D eigenvalue weighted by Crippen LogP contribution is -2.35. The number of amides is 1. The van der Waals surface area contributed by atoms with Crippen molar-refractivity contribution in [2.75, 3.05) is 0 Å². The molecule has 0 spiro atoms. The Labute approximate surface area is 146 Å². The molecule has 1 saturated carbocycles. The van der Waals surface area contributed by atoms with Crippen molar-refractivity contribution < 1.29 is 14.7 Å². The molecule has 2 atom stereocenters. The molecule has 6 heteroatoms. The molecule has 0 bridgehead atoms. The van der Waals surface area contributed by atoms with Gasteiger partial charge in [-0.05, 0) is 24.8 Å². The number of rotatable bonds is 6. The van der Waals surface area contributed by atoms with Gasteiger partial charge in [-0.3, -0.25) is 14.3 Å². The van der Waals surface area contributed by atoms with Crippen LogP contribution in [0.2, 0.25) is 0 Å². The summed E-state index contributed by atoms with van der Waals surface area (Å²) < 4.78 is 1.85. The number of hydrogen-bond donors (Lipinski definition) is 2. The molecule has 1 fully saturated rings. The van der Waals surface area contributed by atoms with Gasteiger partial charge in [0, 0.05) is 24.2 Å². The van der Waals surface area contributed by atoms with Crippen molar-refractivity contribution in [3.8, 4) is 0 Å². The first-order valence-corrected chi connectivity index (χ1v) is 8.67. The number of carboxylic acids is 1. The van der Waals surface area contributed by atoms with Crippen molar-refractivity contribution >= 4 is 11.9 Å². The van der Waals surface area contributed by atoms with Gasteiger partial charge in [0.2, 0.25) is 5.91 Å². The molecular weight excluding hydrogens is 318 g/mol. The normalized spacial score (nSPS) is 20.2. The highest BCUT2D eigenvalue weighted by Crippen LogP contribution is 2.29. The van der Waals surface area contributed by atoms with Crippen molar-refractivity contribution in [3.63, 3.8) is 0 Å². The van der Waals surface area contributed by atoms with E-state index in [2.05, 4.69) is 10.4 Å². The highest BCUT2D eigenvalue weighted by molar-refractivity contribution is 5.80. The number of benzene rings is 1. The molecule has 25 heavy (non-hydrogen) atoms. The fourth-order valence-electron chi connectivity index (χ4n) is 3.34. The molecule has 1 aromatic carbocycles. The van der Waals surface area contributed by atoms with Gasteiger partial charge >= 0.3 is 5.97 Å². The largest absolute Gasteiger partial charge is 0.481 e. The lowest BCUT2D eigenvalue weighted by Gasteiger charge is -2.25. The standard InChI is InChI=1S/C19H23N3O3/c23-18(16-7-4-8-17(9-16)19(24)25)20-10-15-11-21-22(13-15)12-14-5-2-1-3-6-14/h1-3,5-6,11,13,16-17H,4,7-10,12H2,(H,20,23)(H,24,25). The van der Waals surface area contributed by atoms with E-state index in [-0.39, 0.29) is 11.8 Å². The molecule has 3 rings (SSSR count). The van der Waals surface area contributed by atoms with Gasteiger partial charge in [0.05, 0.1) is 18.7 Å². The van der Waals surface area contributed by atoms with Gasteiger partial charge < -0.3 is 10.4 Å². The average molecular weight is 341 g/mol. The van der Waals surface area contributed by atoms with E-state index in [0.29, 0.717) is 25.9 Å². The van der Waals surface area contributed by atoms with Gasteiger partial charge in [0.1, 0.15) is 0 Å². The average Bonchev–Trinajstić information content (AvgIpc) is 3.08. The maximum atomic E-state index is 12.3. The highest BCUT2D eigenvalue weighted by Gasteiger charge is 2.30. The number of nitrogens with zero attached hydrogens (tertiary/aromatic N) is 2. The van der Waals surface area contributed by atoms with Crippen molar-refractivity contribution in [1.82, 2.24) is 15.1 Å². The fraction of sp³-hybridized carbons (Fsp3) is 0.421. The van der Waals surface area contributed by atoms with Gasteiger partial charge in [-0.15, -0.1) is 0 Å². The van der Waals surface area contributed by atoms with Crippen LogP contribution in [0.1, 0.15) is 36.8 Å². The van der Waals surface area contributed by atoms with Gasteiger partial charge in [-0.25, -0.2) is 0 Å². The number of carboxylic acid groups (broad SMARTS) is 1. The molecule has 2 N–H and O–H groups in total. The number of nitrogens with one attached hydrogen (secondary N) is 1. The van der Waals surface area contributed by atoms with E-state index in [0.717, 1.165) is 18.4 Å². The number of carbonyl (C=O) groups is 2. The van der Waals surface area contributed by atoms with E-state index in [1.165, 1.54) is 5.56 Å². The van der Waals surface area contributed by atoms with Crippen molar-refractivity contribution in [2.24, 2.45) is 11.8 Å². The maximum Gasteiger partial charge on any atom is 0.306 e. The lowest BCUT2D eigenvalue weighted by molar-refractivity contribution is -0.144. The zero-order valence-electron chi connectivity index (χ0n) is 14.1. The Kier molecular flexibility index (Phi) is 5.48. The Morgan fingerprint density at radius 2 is 1.92 bits per heavy atom. The van der Waals surface area contributed by atoms with E-state index < -0.39 is 11.9 Å². The fourth-order valence-corrected chi connectivity index (χ4v) is 3.34. The Morgan fingerprint density at radius 3 is 2.68 bits per heavy atom. The second-order valence-electron chi connectivity index (χ2n) is 6.65. The first-order valence-electron chi connectivity index (χ1n) is 8.67. The summed E-state index contributed by atoms with van der Waals surface area (Å²) in [6.07, 6.45) is 6.35. The van der Waals surface area contributed by atoms with Crippen LogP contribution in [0, 0.1) is 11.8 Å². The van der Waals surface area contributed by atoms with Crippen LogP contribution in [0.3, 0.4) is 0 Å². The number of aliphatic carboxylic acids is 1. The third-order valence-electron chi connectivity index (χ3n) is 4.74. The van der Waals surface area contributed by atoms with Crippen LogP contribution in [0.25, 0.3) is 0 Å². The highest BCUT2D eigenvalue weighted by atomic mass is 16.4. The van der Waals surface area contributed by atoms with Crippen molar-refractivity contribution in [1.29, 1.82) is 0 Å². The van der Waals surface area contributed by atoms with Gasteiger partial charge in [0.25, 0.3) is 0 Å². The summed E-state index contributed by atoms with van der Waals surface area (Å²) >= 11 is 0. The molecule has 0 radical (unpaired) electrons. The molecule has 0 saturated heterocycles. The number of hydrogen-bond acceptors (Lipinski definition) is 3. The number of carbonyl (C=O) groups excluding carboxylic acids is 1. The van der Waals surface area contributed by atoms with Crippen LogP contribution in [0.15, 0.2) is 42.7 Å². The monoisotopic (exact) mass is 341 g/mol. The van der Waals surface area contributed by atoms with Gasteiger partial charge in [-0.1, -0.05) is 36.8 Å². The summed E-state index contributed by atoms with van der Waals surface area (Å²) in [5.74, 6) is -1.44. The smallest absolute Gasteiger partial charge is 0.306 e. The van der Waals surface area contributed by atoms with E-state index in [4.69, 9.17) is 5.11 Å². The molecule has 1 amide bonds. The Hall–Kier alpha value is -2.63. The predicted molar refractivity (Wildman–Crippen MR) is 92.7 cm³/mol. The zero-order valence-corrected chi connectivity index (χ0v) is 14.1. The minimum Gasteiger partial charge on any atom is -0.481 e. The maximum absolute atomic E-state index is 12.3. The van der Waals surface area contributed by atoms with Crippen LogP contribution in [0.5, 0.6) is 0 Å². The summed E-state index contributed by atoms with van der Waals surface area (Å²) in [7, 11) is 0. The quantitative estimate of drug-likeness (QED) is 0.845. The van der Waals surface area contributed by atoms with Crippen LogP contribution in [-0.4, -0.2) is 26.8 Å². The summed E-state index contributed by atoms with van der Waals surface area (Å²) in [5, 5.41) is 16.4. The third kappa shape index (κ3) is 4.68. The van der Waals surface area contributed by atoms with Crippen LogP contribution in [-0.2, 0) is 22.7 Å². The number of aromatic nitrogens is 2. The minimum atomic E-state index is -0.792. The Balaban J connectivity index is 1.50. The molecular formula is C19H23N3O3. The molecule has 6 nitrogen and oxygen atoms in total. The summed E-state index contributed by atoms with van der Waals surface area (Å²) in [4.78, 5) is 23.4. The molecule has 1 aliphatic rings. The lowest BCUT2D eigenvalue weighted by atomic mass is 9.81. The molecule has 2 unspecified atom stereocenters. The molecule has 1 aromatic heterocycles. The molecule has 1 aliphatic carbocycles. The van der Waals surface area contributed by atoms with Gasteiger partial charge in [-0.2, -0.15) is 5.10 Å².